The normalized spacial score (nSPS) is 15.6. The molecule has 128 heavy (non-hydrogen) atoms. The molecule has 0 fully saturated rings. The minimum Gasteiger partial charge on any atom is -0.508 e. The fraction of sp³-hybridized carbons (Fsp3) is 0.659. The zero-order valence-corrected chi connectivity index (χ0v) is 74.6. The van der Waals surface area contributed by atoms with Crippen LogP contribution in [0.15, 0.2) is 41.2 Å². The number of pyridine rings is 2. The quantitative estimate of drug-likeness (QED) is 0.00864. The number of hydrogen-bond donors (Lipinski definition) is 14. The predicted octanol–water partition coefficient (Wildman–Crippen LogP) is -0.586. The number of fused-ring (bicyclic) bond motifs is 5. The molecule has 8 unspecified atom stereocenters. The van der Waals surface area contributed by atoms with Gasteiger partial charge in [0.1, 0.15) is 38.2 Å². The second-order valence-electron chi connectivity index (χ2n) is 28.5. The molecule has 0 saturated carbocycles. The smallest absolute Gasteiger partial charge is 0.407 e. The third-order valence-corrected chi connectivity index (χ3v) is 19.0. The maximum Gasteiger partial charge on any atom is 0.407 e. The van der Waals surface area contributed by atoms with Crippen LogP contribution in [0.5, 0.6) is 5.75 Å². The van der Waals surface area contributed by atoms with E-state index in [0.29, 0.717) is 54.7 Å². The Balaban J connectivity index is 0.000000506. The maximum atomic E-state index is 14.0. The standard InChI is InChI=1S/C37H47N5O12.C27H45N5O12.C11H21NO7.C7H16O4/c1-7-22(17-43)53-31(50-6)19-52-36(49)38-12-11-30(45)39-20(3)34(47)54-37(8-2)26-14-28-32-21(15-42(28)33(46)25(26)18-51-35(37)48)13-23-24(16-41(4)5)29(44)10-9-27(23)40-32;1-3-20(18-33)44-26(40-2)19-43-27(39)31-9-6-21(34)28-10-11-29-23(36)8-14-41-16-17-42-15-12-30-22(35)7-13-32-24(37)4-5-25(32)38;1-3-8(6-13)19-10(17-2)7-18-11(16)12-5-4-9(14)15;1-3-6(4-8)11-7(5-9)10-2/h9-10,13-14,20,22,31,43-44H,7-8,11-12,15-19H2,1-6H3,(H,38,49)(H,39,45);4-5,20,26,33H,3,6-19H2,1-2H3,(H,28,34)(H,29,36)(H,30,35)(H,31,39);8,10,13H,3-7H2,1-2H3,(H,12,16)(H,14,15);6-9H,3-5H2,1-2H3/t20-,22?,31?,37-;;;/m0.../s1. The molecule has 6 rings (SSSR count). The molecule has 0 spiro atoms. The Hall–Kier alpha value is -10.3. The lowest BCUT2D eigenvalue weighted by molar-refractivity contribution is -0.190. The Morgan fingerprint density at radius 2 is 1.02 bits per heavy atom. The number of carboxylic acid groups (broad SMARTS) is 1. The number of benzene rings is 1. The Kier molecular flexibility index (Phi) is 54.2. The molecule has 722 valence electrons. The van der Waals surface area contributed by atoms with Crippen molar-refractivity contribution in [2.75, 3.05) is 168 Å². The van der Waals surface area contributed by atoms with Crippen LogP contribution in [0.4, 0.5) is 14.4 Å². The number of rotatable bonds is 57. The van der Waals surface area contributed by atoms with Crippen LogP contribution in [-0.4, -0.2) is 350 Å². The summed E-state index contributed by atoms with van der Waals surface area (Å²) < 4.78 is 79.5. The molecule has 46 nitrogen and oxygen atoms in total. The first-order valence-electron chi connectivity index (χ1n) is 41.7. The minimum absolute atomic E-state index is 0.00704. The Bertz CT molecular complexity index is 4020. The van der Waals surface area contributed by atoms with Gasteiger partial charge in [-0.15, -0.1) is 0 Å². The number of phenols is 1. The number of nitrogens with zero attached hydrogens (tertiary/aromatic N) is 4. The summed E-state index contributed by atoms with van der Waals surface area (Å²) in [5, 5.41) is 82.0. The Morgan fingerprint density at radius 1 is 0.555 bits per heavy atom. The second-order valence-corrected chi connectivity index (χ2v) is 28.5. The lowest BCUT2D eigenvalue weighted by Crippen LogP contribution is -2.50. The van der Waals surface area contributed by atoms with Crippen LogP contribution in [0.1, 0.15) is 128 Å². The summed E-state index contributed by atoms with van der Waals surface area (Å²) in [5.74, 6) is -5.00. The number of imide groups is 1. The van der Waals surface area contributed by atoms with E-state index in [9.17, 15) is 72.5 Å². The highest BCUT2D eigenvalue weighted by atomic mass is 16.7. The molecular weight excluding hydrogens is 1700 g/mol. The summed E-state index contributed by atoms with van der Waals surface area (Å²) in [4.78, 5) is 165. The van der Waals surface area contributed by atoms with Crippen molar-refractivity contribution in [3.05, 3.63) is 69.0 Å². The number of hydrogen-bond acceptors (Lipinski definition) is 36. The fourth-order valence-corrected chi connectivity index (χ4v) is 11.7. The number of alkyl carbamates (subject to hydrolysis) is 3. The van der Waals surface area contributed by atoms with Gasteiger partial charge < -0.3 is 153 Å². The molecule has 0 aliphatic carbocycles. The molecule has 46 heteroatoms. The van der Waals surface area contributed by atoms with E-state index < -0.39 is 108 Å². The average molecular weight is 1830 g/mol. The van der Waals surface area contributed by atoms with Crippen LogP contribution in [-0.2, 0) is 140 Å². The number of carbonyl (C=O) groups is 12. The summed E-state index contributed by atoms with van der Waals surface area (Å²) in [7, 11) is 9.38. The van der Waals surface area contributed by atoms with E-state index in [1.54, 1.807) is 25.1 Å². The van der Waals surface area contributed by atoms with Gasteiger partial charge in [0.15, 0.2) is 25.2 Å². The van der Waals surface area contributed by atoms with Gasteiger partial charge in [-0.05, 0) is 77.4 Å². The third kappa shape index (κ3) is 39.8. The molecule has 2 aromatic heterocycles. The van der Waals surface area contributed by atoms with Crippen molar-refractivity contribution < 1.29 is 164 Å². The molecule has 3 aromatic rings. The van der Waals surface area contributed by atoms with Crippen molar-refractivity contribution in [2.45, 2.75) is 187 Å². The number of nitrogens with one attached hydrogen (secondary N) is 7. The Morgan fingerprint density at radius 3 is 1.48 bits per heavy atom. The summed E-state index contributed by atoms with van der Waals surface area (Å²) in [6.07, 6.45) is -2.57. The van der Waals surface area contributed by atoms with Crippen LogP contribution in [0.2, 0.25) is 0 Å². The number of aliphatic carboxylic acids is 1. The number of carboxylic acids is 1. The van der Waals surface area contributed by atoms with Gasteiger partial charge in [-0.2, -0.15) is 0 Å². The molecule has 10 atom stereocenters. The fourth-order valence-electron chi connectivity index (χ4n) is 11.7. The van der Waals surface area contributed by atoms with Crippen molar-refractivity contribution in [1.82, 2.24) is 56.6 Å². The van der Waals surface area contributed by atoms with Crippen LogP contribution >= 0.6 is 0 Å². The van der Waals surface area contributed by atoms with Gasteiger partial charge in [-0.3, -0.25) is 43.3 Å². The largest absolute Gasteiger partial charge is 0.508 e. The molecule has 3 aliphatic rings. The van der Waals surface area contributed by atoms with E-state index in [0.717, 1.165) is 15.8 Å². The molecule has 0 saturated heterocycles. The van der Waals surface area contributed by atoms with E-state index in [4.69, 9.17) is 102 Å². The summed E-state index contributed by atoms with van der Waals surface area (Å²) in [6.45, 7) is 11.0. The second kappa shape index (κ2) is 62.0. The molecule has 0 bridgehead atoms. The summed E-state index contributed by atoms with van der Waals surface area (Å²) >= 11 is 0. The zero-order chi connectivity index (χ0) is 95.3. The first-order valence-corrected chi connectivity index (χ1v) is 41.7. The van der Waals surface area contributed by atoms with Crippen molar-refractivity contribution in [1.29, 1.82) is 0 Å². The van der Waals surface area contributed by atoms with Gasteiger partial charge in [0.2, 0.25) is 29.2 Å². The molecule has 0 radical (unpaired) electrons. The average Bonchev–Trinajstić information content (AvgIpc) is 1.48. The number of ether oxygens (including phenoxy) is 15. The van der Waals surface area contributed by atoms with Crippen LogP contribution < -0.4 is 42.8 Å². The van der Waals surface area contributed by atoms with E-state index >= 15 is 0 Å². The number of amides is 9. The predicted molar refractivity (Wildman–Crippen MR) is 450 cm³/mol. The van der Waals surface area contributed by atoms with Gasteiger partial charge >= 0.3 is 36.2 Å². The first-order chi connectivity index (χ1) is 61.3. The van der Waals surface area contributed by atoms with Crippen molar-refractivity contribution >= 4 is 82.5 Å². The zero-order valence-electron chi connectivity index (χ0n) is 74.6. The number of aliphatic hydroxyl groups excluding tert-OH is 5. The summed E-state index contributed by atoms with van der Waals surface area (Å²) in [5.41, 5.74) is 0.964. The third-order valence-electron chi connectivity index (χ3n) is 19.0. The number of carbonyl (C=O) groups excluding carboxylic acids is 11. The van der Waals surface area contributed by atoms with Crippen LogP contribution in [0, 0.1) is 0 Å². The molecule has 9 amide bonds. The van der Waals surface area contributed by atoms with Crippen molar-refractivity contribution in [2.24, 2.45) is 0 Å². The molecule has 1 aromatic carbocycles. The van der Waals surface area contributed by atoms with E-state index in [-0.39, 0.29) is 224 Å². The van der Waals surface area contributed by atoms with Gasteiger partial charge in [0, 0.05) is 141 Å². The lowest BCUT2D eigenvalue weighted by Gasteiger charge is -2.36. The van der Waals surface area contributed by atoms with Gasteiger partial charge in [0.05, 0.1) is 119 Å². The van der Waals surface area contributed by atoms with Gasteiger partial charge in [-0.25, -0.2) is 29.0 Å². The number of aromatic nitrogens is 2. The molecule has 3 aliphatic heterocycles. The molecule has 5 heterocycles. The van der Waals surface area contributed by atoms with Crippen LogP contribution in [0.3, 0.4) is 0 Å². The van der Waals surface area contributed by atoms with Gasteiger partial charge in [-0.1, -0.05) is 34.6 Å². The van der Waals surface area contributed by atoms with Crippen molar-refractivity contribution in [3.8, 4) is 17.1 Å². The van der Waals surface area contributed by atoms with Crippen LogP contribution in [0.25, 0.3) is 22.3 Å². The SMILES string of the molecule is CCC(CO)OC(CO)OC.CCC(CO)OC(COC(=O)NCCC(=O)NCCNC(=O)CCOCCOCCNC(=O)CCN1C(=O)C=CC1=O)OC.CCC(CO)OC(COC(=O)NCCC(=O)N[C@@H](C)C(=O)O[C@]1(CC)C(=O)OCc2c1cc1n(c2=O)Cc2cc3c(CN(C)C)c(O)ccc3nc2-1)OC.CCC(CO)OC(COC(=O)NCCC(=O)O)OC. The highest BCUT2D eigenvalue weighted by Crippen LogP contribution is 2.42. The summed E-state index contributed by atoms with van der Waals surface area (Å²) in [6, 6.07) is 5.61. The molecule has 14 N–H and O–H groups in total. The minimum atomic E-state index is -1.98. The first kappa shape index (κ1) is 112. The maximum absolute atomic E-state index is 14.0. The Labute approximate surface area is 741 Å². The lowest BCUT2D eigenvalue weighted by atomic mass is 9.85. The highest BCUT2D eigenvalue weighted by molar-refractivity contribution is 6.13. The highest BCUT2D eigenvalue weighted by Gasteiger charge is 2.51. The number of phenolic OH excluding ortho intramolecular Hbond substituents is 1. The monoisotopic (exact) mass is 1830 g/mol. The number of esters is 2. The number of cyclic esters (lactones) is 1. The van der Waals surface area contributed by atoms with E-state index in [1.165, 1.54) is 52.1 Å². The van der Waals surface area contributed by atoms with Crippen molar-refractivity contribution in [3.63, 3.8) is 0 Å². The van der Waals surface area contributed by atoms with E-state index in [2.05, 4.69) is 37.2 Å². The number of aromatic hydroxyl groups is 1. The van der Waals surface area contributed by atoms with E-state index in [1.807, 2.05) is 52.8 Å². The topological polar surface area (TPSA) is 610 Å². The molecular formula is C82H129N11O35. The number of aliphatic hydroxyl groups is 5. The van der Waals surface area contributed by atoms with Gasteiger partial charge in [0.25, 0.3) is 17.4 Å². The number of methoxy groups -OCH3 is 4.